The number of benzene rings is 1. The molecule has 0 saturated carbocycles. The Labute approximate surface area is 176 Å². The molecule has 1 amide bonds. The summed E-state index contributed by atoms with van der Waals surface area (Å²) in [6.07, 6.45) is 1.97. The molecule has 2 aromatic rings. The number of aryl methyl sites for hydroxylation is 1. The molecule has 0 spiro atoms. The van der Waals surface area contributed by atoms with Crippen molar-refractivity contribution in [1.29, 1.82) is 0 Å². The van der Waals surface area contributed by atoms with Crippen LogP contribution in [-0.2, 0) is 14.8 Å². The number of piperidine rings is 1. The molecule has 1 aromatic carbocycles. The van der Waals surface area contributed by atoms with Crippen molar-refractivity contribution in [2.75, 3.05) is 32.5 Å². The minimum absolute atomic E-state index is 0.132. The lowest BCUT2D eigenvalue weighted by molar-refractivity contribution is -0.121. The topological polar surface area (TPSA) is 82.6 Å². The van der Waals surface area contributed by atoms with Crippen molar-refractivity contribution in [2.24, 2.45) is 0 Å². The van der Waals surface area contributed by atoms with E-state index in [1.165, 1.54) is 31.2 Å². The summed E-state index contributed by atoms with van der Waals surface area (Å²) in [5, 5.41) is 6.14. The number of nitrogens with one attached hydrogen (secondary N) is 1. The van der Waals surface area contributed by atoms with Gasteiger partial charge in [-0.2, -0.15) is 0 Å². The van der Waals surface area contributed by atoms with Crippen molar-refractivity contribution in [3.05, 3.63) is 40.3 Å². The summed E-state index contributed by atoms with van der Waals surface area (Å²) in [6, 6.07) is 6.08. The number of hydrogen-bond donors (Lipinski definition) is 1. The van der Waals surface area contributed by atoms with Gasteiger partial charge in [-0.05, 0) is 58.0 Å². The summed E-state index contributed by atoms with van der Waals surface area (Å²) in [5.41, 5.74) is 1.55. The second kappa shape index (κ2) is 8.91. The maximum absolute atomic E-state index is 12.7. The molecule has 29 heavy (non-hydrogen) atoms. The molecule has 158 valence electrons. The summed E-state index contributed by atoms with van der Waals surface area (Å²) in [7, 11) is -0.569. The van der Waals surface area contributed by atoms with Crippen LogP contribution in [0.5, 0.6) is 0 Å². The lowest BCUT2D eigenvalue weighted by Crippen LogP contribution is -2.45. The van der Waals surface area contributed by atoms with Gasteiger partial charge in [-0.25, -0.2) is 17.7 Å². The second-order valence-electron chi connectivity index (χ2n) is 7.62. The maximum atomic E-state index is 12.7. The number of sulfonamides is 1. The molecule has 1 fully saturated rings. The molecule has 1 unspecified atom stereocenters. The molecule has 0 radical (unpaired) electrons. The Morgan fingerprint density at radius 1 is 1.31 bits per heavy atom. The number of rotatable bonds is 6. The predicted molar refractivity (Wildman–Crippen MR) is 116 cm³/mol. The number of likely N-dealkylation sites (tertiary alicyclic amines) is 1. The van der Waals surface area contributed by atoms with Gasteiger partial charge in [0.1, 0.15) is 0 Å². The van der Waals surface area contributed by atoms with Gasteiger partial charge in [0.2, 0.25) is 15.9 Å². The molecule has 9 heteroatoms. The smallest absolute Gasteiger partial charge is 0.242 e. The molecule has 3 rings (SSSR count). The van der Waals surface area contributed by atoms with Crippen molar-refractivity contribution in [3.8, 4) is 0 Å². The highest BCUT2D eigenvalue weighted by molar-refractivity contribution is 7.89. The Balaban J connectivity index is 1.60. The number of aromatic nitrogens is 1. The van der Waals surface area contributed by atoms with Crippen LogP contribution in [0.15, 0.2) is 34.5 Å². The van der Waals surface area contributed by atoms with Crippen LogP contribution in [0.3, 0.4) is 0 Å². The minimum atomic E-state index is -3.54. The highest BCUT2D eigenvalue weighted by Crippen LogP contribution is 2.31. The van der Waals surface area contributed by atoms with Crippen LogP contribution in [0.1, 0.15) is 36.4 Å². The van der Waals surface area contributed by atoms with Crippen molar-refractivity contribution < 1.29 is 13.2 Å². The first-order valence-electron chi connectivity index (χ1n) is 9.68. The van der Waals surface area contributed by atoms with Crippen LogP contribution in [0.2, 0.25) is 0 Å². The highest BCUT2D eigenvalue weighted by atomic mass is 32.2. The monoisotopic (exact) mass is 436 g/mol. The van der Waals surface area contributed by atoms with E-state index in [-0.39, 0.29) is 16.8 Å². The number of nitrogens with zero attached hydrogens (tertiary/aromatic N) is 3. The van der Waals surface area contributed by atoms with Crippen molar-refractivity contribution in [2.45, 2.75) is 43.5 Å². The van der Waals surface area contributed by atoms with E-state index < -0.39 is 10.0 Å². The third kappa shape index (κ3) is 5.03. The summed E-state index contributed by atoms with van der Waals surface area (Å²) in [4.78, 5) is 19.7. The standard InChI is InChI=1S/C20H28N4O3S2/c1-14-13-28-20(21-14)16-8-10-24(11-9-16)15(2)19(25)22-17-6-5-7-18(12-17)29(26,27)23(3)4/h5-7,12-13,15-16H,8-11H2,1-4H3,(H,22,25). The van der Waals surface area contributed by atoms with Crippen molar-refractivity contribution in [3.63, 3.8) is 0 Å². The summed E-state index contributed by atoms with van der Waals surface area (Å²) >= 11 is 1.72. The number of carbonyl (C=O) groups excluding carboxylic acids is 1. The van der Waals surface area contributed by atoms with Crippen LogP contribution in [-0.4, -0.2) is 61.7 Å². The Morgan fingerprint density at radius 3 is 2.59 bits per heavy atom. The van der Waals surface area contributed by atoms with Crippen LogP contribution < -0.4 is 5.32 Å². The van der Waals surface area contributed by atoms with Gasteiger partial charge < -0.3 is 5.32 Å². The van der Waals surface area contributed by atoms with Crippen LogP contribution >= 0.6 is 11.3 Å². The maximum Gasteiger partial charge on any atom is 0.242 e. The number of carbonyl (C=O) groups is 1. The summed E-state index contributed by atoms with van der Waals surface area (Å²) in [6.45, 7) is 5.59. The normalized spacial score (nSPS) is 17.4. The highest BCUT2D eigenvalue weighted by Gasteiger charge is 2.28. The Hall–Kier alpha value is -1.81. The van der Waals surface area contributed by atoms with Gasteiger partial charge in [0.15, 0.2) is 0 Å². The number of amides is 1. The van der Waals surface area contributed by atoms with Crippen LogP contribution in [0.4, 0.5) is 5.69 Å². The molecule has 1 aliphatic rings. The molecule has 7 nitrogen and oxygen atoms in total. The quantitative estimate of drug-likeness (QED) is 0.753. The molecule has 1 aromatic heterocycles. The molecule has 1 saturated heterocycles. The number of anilines is 1. The van der Waals surface area contributed by atoms with Gasteiger partial charge in [-0.15, -0.1) is 11.3 Å². The Bertz CT molecular complexity index is 964. The van der Waals surface area contributed by atoms with Gasteiger partial charge >= 0.3 is 0 Å². The van der Waals surface area contributed by atoms with Crippen molar-refractivity contribution in [1.82, 2.24) is 14.2 Å². The first-order chi connectivity index (χ1) is 13.7. The third-order valence-corrected chi connectivity index (χ3v) is 8.26. The fourth-order valence-corrected chi connectivity index (χ4v) is 5.37. The van der Waals surface area contributed by atoms with E-state index in [2.05, 4.69) is 20.6 Å². The number of hydrogen-bond acceptors (Lipinski definition) is 6. The molecule has 1 N–H and O–H groups in total. The van der Waals surface area contributed by atoms with E-state index >= 15 is 0 Å². The largest absolute Gasteiger partial charge is 0.325 e. The fourth-order valence-electron chi connectivity index (χ4n) is 3.45. The Morgan fingerprint density at radius 2 is 2.00 bits per heavy atom. The molecule has 1 aliphatic heterocycles. The molecule has 0 bridgehead atoms. The average Bonchev–Trinajstić information content (AvgIpc) is 3.14. The van der Waals surface area contributed by atoms with Gasteiger partial charge in [0.05, 0.1) is 15.9 Å². The fraction of sp³-hybridized carbons (Fsp3) is 0.500. The van der Waals surface area contributed by atoms with E-state index in [9.17, 15) is 13.2 Å². The summed E-state index contributed by atoms with van der Waals surface area (Å²) in [5.74, 6) is 0.334. The van der Waals surface area contributed by atoms with E-state index in [0.717, 1.165) is 35.9 Å². The average molecular weight is 437 g/mol. The molecule has 1 atom stereocenters. The lowest BCUT2D eigenvalue weighted by atomic mass is 9.96. The van der Waals surface area contributed by atoms with Gasteiger partial charge in [-0.3, -0.25) is 9.69 Å². The second-order valence-corrected chi connectivity index (χ2v) is 10.7. The molecule has 0 aliphatic carbocycles. The van der Waals surface area contributed by atoms with Crippen molar-refractivity contribution >= 4 is 33.0 Å². The molecule has 2 heterocycles. The minimum Gasteiger partial charge on any atom is -0.325 e. The van der Waals surface area contributed by atoms with E-state index in [0.29, 0.717) is 11.6 Å². The van der Waals surface area contributed by atoms with Gasteiger partial charge in [-0.1, -0.05) is 6.07 Å². The molecular formula is C20H28N4O3S2. The van der Waals surface area contributed by atoms with E-state index in [4.69, 9.17) is 0 Å². The van der Waals surface area contributed by atoms with Crippen LogP contribution in [0, 0.1) is 6.92 Å². The zero-order valence-corrected chi connectivity index (χ0v) is 18.9. The number of thiazole rings is 1. The van der Waals surface area contributed by atoms with Gasteiger partial charge in [0, 0.05) is 36.8 Å². The van der Waals surface area contributed by atoms with E-state index in [1.54, 1.807) is 23.5 Å². The van der Waals surface area contributed by atoms with E-state index in [1.807, 2.05) is 13.8 Å². The molecular weight excluding hydrogens is 408 g/mol. The first-order valence-corrected chi connectivity index (χ1v) is 12.0. The Kier molecular flexibility index (Phi) is 6.72. The SMILES string of the molecule is Cc1csc(C2CCN(C(C)C(=O)Nc3cccc(S(=O)(=O)N(C)C)c3)CC2)n1. The predicted octanol–water partition coefficient (Wildman–Crippen LogP) is 2.91. The first kappa shape index (κ1) is 21.9. The zero-order chi connectivity index (χ0) is 21.2. The van der Waals surface area contributed by atoms with Crippen LogP contribution in [0.25, 0.3) is 0 Å². The third-order valence-electron chi connectivity index (χ3n) is 5.32. The van der Waals surface area contributed by atoms with Gasteiger partial charge in [0.25, 0.3) is 0 Å². The zero-order valence-electron chi connectivity index (χ0n) is 17.3. The summed E-state index contributed by atoms with van der Waals surface area (Å²) < 4.78 is 25.8. The lowest BCUT2D eigenvalue weighted by Gasteiger charge is -2.34.